The molecule has 2 atom stereocenters. The molecule has 0 aromatic heterocycles. The molecule has 0 bridgehead atoms. The van der Waals surface area contributed by atoms with E-state index in [9.17, 15) is 4.79 Å². The molecule has 2 unspecified atom stereocenters. The normalized spacial score (nSPS) is 21.8. The summed E-state index contributed by atoms with van der Waals surface area (Å²) in [6.07, 6.45) is 6.08. The van der Waals surface area contributed by atoms with Gasteiger partial charge in [0.25, 0.3) is 0 Å². The maximum atomic E-state index is 12.7. The van der Waals surface area contributed by atoms with E-state index in [-0.39, 0.29) is 11.8 Å². The van der Waals surface area contributed by atoms with Crippen molar-refractivity contribution in [2.24, 2.45) is 5.92 Å². The Hall–Kier alpha value is -1.15. The van der Waals surface area contributed by atoms with Crippen molar-refractivity contribution < 1.29 is 4.79 Å². The summed E-state index contributed by atoms with van der Waals surface area (Å²) in [5, 5.41) is 0. The lowest BCUT2D eigenvalue weighted by molar-refractivity contribution is 0.0841. The molecule has 2 rings (SSSR count). The molecule has 1 fully saturated rings. The fourth-order valence-corrected chi connectivity index (χ4v) is 3.29. The van der Waals surface area contributed by atoms with Crippen molar-refractivity contribution in [1.29, 1.82) is 0 Å². The summed E-state index contributed by atoms with van der Waals surface area (Å²) >= 11 is 0. The minimum atomic E-state index is 0.00748. The second-order valence-corrected chi connectivity index (χ2v) is 6.33. The Morgan fingerprint density at radius 3 is 2.52 bits per heavy atom. The van der Waals surface area contributed by atoms with E-state index in [4.69, 9.17) is 0 Å². The number of ketones is 1. The van der Waals surface area contributed by atoms with Gasteiger partial charge >= 0.3 is 0 Å². The van der Waals surface area contributed by atoms with Crippen LogP contribution in [0.4, 0.5) is 0 Å². The summed E-state index contributed by atoms with van der Waals surface area (Å²) in [6.45, 7) is 8.63. The van der Waals surface area contributed by atoms with Gasteiger partial charge in [-0.25, -0.2) is 0 Å². The molecule has 0 radical (unpaired) electrons. The molecule has 0 saturated carbocycles. The molecule has 21 heavy (non-hydrogen) atoms. The van der Waals surface area contributed by atoms with E-state index in [0.717, 1.165) is 31.0 Å². The average Bonchev–Trinajstić information content (AvgIpc) is 2.79. The summed E-state index contributed by atoms with van der Waals surface area (Å²) < 4.78 is 0. The standard InChI is InChI=1S/C19H29NO/c1-4-16-7-6-13-20(14-12-16)15(3)19(21)18-10-8-17(5-2)9-11-18/h8-11,15-16H,4-7,12-14H2,1-3H3. The number of likely N-dealkylation sites (tertiary alicyclic amines) is 1. The van der Waals surface area contributed by atoms with Crippen LogP contribution in [0.5, 0.6) is 0 Å². The highest BCUT2D eigenvalue weighted by molar-refractivity contribution is 5.99. The van der Waals surface area contributed by atoms with Gasteiger partial charge in [0.2, 0.25) is 0 Å². The molecular weight excluding hydrogens is 258 g/mol. The van der Waals surface area contributed by atoms with Crippen LogP contribution in [-0.2, 0) is 6.42 Å². The molecule has 2 heteroatoms. The van der Waals surface area contributed by atoms with E-state index >= 15 is 0 Å². The largest absolute Gasteiger partial charge is 0.293 e. The van der Waals surface area contributed by atoms with E-state index in [2.05, 4.69) is 37.8 Å². The molecule has 1 aromatic carbocycles. The van der Waals surface area contributed by atoms with Crippen molar-refractivity contribution >= 4 is 5.78 Å². The van der Waals surface area contributed by atoms with Crippen molar-refractivity contribution in [2.45, 2.75) is 58.9 Å². The lowest BCUT2D eigenvalue weighted by atomic mass is 9.98. The van der Waals surface area contributed by atoms with Crippen molar-refractivity contribution in [3.8, 4) is 0 Å². The molecule has 1 aromatic rings. The monoisotopic (exact) mass is 287 g/mol. The molecular formula is C19H29NO. The van der Waals surface area contributed by atoms with Crippen LogP contribution < -0.4 is 0 Å². The summed E-state index contributed by atoms with van der Waals surface area (Å²) in [4.78, 5) is 15.0. The van der Waals surface area contributed by atoms with Gasteiger partial charge in [0, 0.05) is 5.56 Å². The van der Waals surface area contributed by atoms with Crippen molar-refractivity contribution in [3.05, 3.63) is 35.4 Å². The van der Waals surface area contributed by atoms with Crippen LogP contribution in [-0.4, -0.2) is 29.8 Å². The summed E-state index contributed by atoms with van der Waals surface area (Å²) in [6, 6.07) is 8.15. The topological polar surface area (TPSA) is 20.3 Å². The third-order valence-corrected chi connectivity index (χ3v) is 5.03. The number of Topliss-reactive ketones (excluding diaryl/α,β-unsaturated/α-hetero) is 1. The van der Waals surface area contributed by atoms with Crippen LogP contribution in [0.15, 0.2) is 24.3 Å². The fourth-order valence-electron chi connectivity index (χ4n) is 3.29. The zero-order chi connectivity index (χ0) is 15.2. The smallest absolute Gasteiger partial charge is 0.179 e. The van der Waals surface area contributed by atoms with Gasteiger partial charge in [-0.2, -0.15) is 0 Å². The van der Waals surface area contributed by atoms with Gasteiger partial charge < -0.3 is 0 Å². The Labute approximate surface area is 129 Å². The van der Waals surface area contributed by atoms with Gasteiger partial charge in [-0.15, -0.1) is 0 Å². The quantitative estimate of drug-likeness (QED) is 0.751. The maximum absolute atomic E-state index is 12.7. The molecule has 2 nitrogen and oxygen atoms in total. The van der Waals surface area contributed by atoms with Crippen molar-refractivity contribution in [2.75, 3.05) is 13.1 Å². The molecule has 0 aliphatic carbocycles. The van der Waals surface area contributed by atoms with Crippen LogP contribution in [0.3, 0.4) is 0 Å². The van der Waals surface area contributed by atoms with Gasteiger partial charge in [-0.1, -0.05) is 44.5 Å². The van der Waals surface area contributed by atoms with Crippen LogP contribution in [0.1, 0.15) is 62.4 Å². The van der Waals surface area contributed by atoms with Crippen LogP contribution in [0.25, 0.3) is 0 Å². The maximum Gasteiger partial charge on any atom is 0.179 e. The van der Waals surface area contributed by atoms with Crippen molar-refractivity contribution in [1.82, 2.24) is 4.90 Å². The second kappa shape index (κ2) is 7.74. The zero-order valence-electron chi connectivity index (χ0n) is 13.8. The Morgan fingerprint density at radius 1 is 1.19 bits per heavy atom. The number of carbonyl (C=O) groups is 1. The number of carbonyl (C=O) groups excluding carboxylic acids is 1. The van der Waals surface area contributed by atoms with Gasteiger partial charge in [-0.05, 0) is 57.2 Å². The van der Waals surface area contributed by atoms with E-state index in [1.165, 1.54) is 31.2 Å². The number of aryl methyl sites for hydroxylation is 1. The summed E-state index contributed by atoms with van der Waals surface area (Å²) in [5.41, 5.74) is 2.15. The fraction of sp³-hybridized carbons (Fsp3) is 0.632. The van der Waals surface area contributed by atoms with E-state index in [1.54, 1.807) is 0 Å². The Balaban J connectivity index is 2.00. The van der Waals surface area contributed by atoms with E-state index in [0.29, 0.717) is 0 Å². The molecule has 0 amide bonds. The highest BCUT2D eigenvalue weighted by Crippen LogP contribution is 2.22. The Kier molecular flexibility index (Phi) is 5.98. The predicted octanol–water partition coefficient (Wildman–Crippen LogP) is 4.33. The molecule has 1 saturated heterocycles. The Bertz CT molecular complexity index is 451. The zero-order valence-corrected chi connectivity index (χ0v) is 13.8. The summed E-state index contributed by atoms with van der Waals surface area (Å²) in [7, 11) is 0. The minimum absolute atomic E-state index is 0.00748. The van der Waals surface area contributed by atoms with Gasteiger partial charge in [-0.3, -0.25) is 9.69 Å². The van der Waals surface area contributed by atoms with Crippen LogP contribution >= 0.6 is 0 Å². The second-order valence-electron chi connectivity index (χ2n) is 6.33. The molecule has 1 aliphatic heterocycles. The first kappa shape index (κ1) is 16.2. The van der Waals surface area contributed by atoms with Gasteiger partial charge in [0.05, 0.1) is 6.04 Å². The lowest BCUT2D eigenvalue weighted by Gasteiger charge is -2.26. The number of hydrogen-bond donors (Lipinski definition) is 0. The molecule has 1 heterocycles. The van der Waals surface area contributed by atoms with Crippen LogP contribution in [0, 0.1) is 5.92 Å². The number of rotatable bonds is 5. The predicted molar refractivity (Wildman–Crippen MR) is 88.8 cm³/mol. The summed E-state index contributed by atoms with van der Waals surface area (Å²) in [5.74, 6) is 1.12. The molecule has 0 spiro atoms. The van der Waals surface area contributed by atoms with Crippen molar-refractivity contribution in [3.63, 3.8) is 0 Å². The molecule has 116 valence electrons. The average molecular weight is 287 g/mol. The first-order chi connectivity index (χ1) is 10.2. The Morgan fingerprint density at radius 2 is 1.90 bits per heavy atom. The highest BCUT2D eigenvalue weighted by atomic mass is 16.1. The third kappa shape index (κ3) is 4.16. The minimum Gasteiger partial charge on any atom is -0.293 e. The number of nitrogens with zero attached hydrogens (tertiary/aromatic N) is 1. The van der Waals surface area contributed by atoms with Gasteiger partial charge in [0.1, 0.15) is 0 Å². The number of hydrogen-bond acceptors (Lipinski definition) is 2. The first-order valence-electron chi connectivity index (χ1n) is 8.52. The molecule has 0 N–H and O–H groups in total. The van der Waals surface area contributed by atoms with Gasteiger partial charge in [0.15, 0.2) is 5.78 Å². The highest BCUT2D eigenvalue weighted by Gasteiger charge is 2.25. The van der Waals surface area contributed by atoms with Crippen LogP contribution in [0.2, 0.25) is 0 Å². The van der Waals surface area contributed by atoms with E-state index in [1.807, 2.05) is 12.1 Å². The third-order valence-electron chi connectivity index (χ3n) is 5.03. The lowest BCUT2D eigenvalue weighted by Crippen LogP contribution is -2.39. The SMILES string of the molecule is CCc1ccc(C(=O)C(C)N2CCCC(CC)CC2)cc1. The molecule has 1 aliphatic rings. The number of benzene rings is 1. The first-order valence-corrected chi connectivity index (χ1v) is 8.52. The van der Waals surface area contributed by atoms with E-state index < -0.39 is 0 Å².